The minimum atomic E-state index is -0.474. The number of hydrogen-bond donors (Lipinski definition) is 1. The van der Waals surface area contributed by atoms with Crippen LogP contribution in [0, 0.1) is 0 Å². The SMILES string of the molecule is COC(=O)CN1C(=O)Nc2ccccc2C1c1ccc(Cl)cc1. The molecular weight excluding hydrogens is 316 g/mol. The monoisotopic (exact) mass is 330 g/mol. The number of rotatable bonds is 3. The maximum atomic E-state index is 12.4. The highest BCUT2D eigenvalue weighted by atomic mass is 35.5. The van der Waals surface area contributed by atoms with Crippen LogP contribution in [0.3, 0.4) is 0 Å². The lowest BCUT2D eigenvalue weighted by Crippen LogP contribution is -2.45. The molecule has 0 spiro atoms. The molecule has 23 heavy (non-hydrogen) atoms. The Hall–Kier alpha value is -2.53. The number of fused-ring (bicyclic) bond motifs is 1. The van der Waals surface area contributed by atoms with E-state index in [1.54, 1.807) is 12.1 Å². The zero-order chi connectivity index (χ0) is 16.4. The molecule has 2 aromatic carbocycles. The van der Waals surface area contributed by atoms with Crippen LogP contribution >= 0.6 is 11.6 Å². The van der Waals surface area contributed by atoms with Gasteiger partial charge in [-0.2, -0.15) is 0 Å². The van der Waals surface area contributed by atoms with E-state index in [9.17, 15) is 9.59 Å². The Kier molecular flexibility index (Phi) is 4.21. The topological polar surface area (TPSA) is 58.6 Å². The third-order valence-corrected chi connectivity index (χ3v) is 4.03. The second kappa shape index (κ2) is 6.30. The molecule has 3 rings (SSSR count). The summed E-state index contributed by atoms with van der Waals surface area (Å²) in [4.78, 5) is 25.6. The molecule has 0 saturated heterocycles. The van der Waals surface area contributed by atoms with Crippen LogP contribution in [0.5, 0.6) is 0 Å². The molecule has 2 amide bonds. The fourth-order valence-electron chi connectivity index (χ4n) is 2.69. The van der Waals surface area contributed by atoms with Gasteiger partial charge in [-0.1, -0.05) is 41.9 Å². The first-order valence-electron chi connectivity index (χ1n) is 7.09. The zero-order valence-electron chi connectivity index (χ0n) is 12.5. The maximum Gasteiger partial charge on any atom is 0.325 e. The van der Waals surface area contributed by atoms with E-state index >= 15 is 0 Å². The first-order valence-corrected chi connectivity index (χ1v) is 7.47. The molecule has 0 radical (unpaired) electrons. The van der Waals surface area contributed by atoms with Gasteiger partial charge in [0, 0.05) is 16.3 Å². The van der Waals surface area contributed by atoms with Crippen molar-refractivity contribution in [2.45, 2.75) is 6.04 Å². The molecule has 1 atom stereocenters. The largest absolute Gasteiger partial charge is 0.468 e. The zero-order valence-corrected chi connectivity index (χ0v) is 13.2. The van der Waals surface area contributed by atoms with Gasteiger partial charge in [-0.15, -0.1) is 0 Å². The summed E-state index contributed by atoms with van der Waals surface area (Å²) in [7, 11) is 1.30. The molecule has 0 fully saturated rings. The van der Waals surface area contributed by atoms with E-state index in [4.69, 9.17) is 16.3 Å². The van der Waals surface area contributed by atoms with Crippen molar-refractivity contribution in [1.29, 1.82) is 0 Å². The van der Waals surface area contributed by atoms with E-state index in [0.717, 1.165) is 16.8 Å². The molecule has 1 aliphatic heterocycles. The Balaban J connectivity index is 2.09. The predicted octanol–water partition coefficient (Wildman–Crippen LogP) is 3.45. The van der Waals surface area contributed by atoms with Crippen molar-refractivity contribution >= 4 is 29.3 Å². The van der Waals surface area contributed by atoms with E-state index in [-0.39, 0.29) is 18.6 Å². The lowest BCUT2D eigenvalue weighted by Gasteiger charge is -2.37. The van der Waals surface area contributed by atoms with Gasteiger partial charge in [0.25, 0.3) is 0 Å². The standard InChI is InChI=1S/C17H15ClN2O3/c1-23-15(21)10-20-16(11-6-8-12(18)9-7-11)13-4-2-3-5-14(13)19-17(20)22/h2-9,16H,10H2,1H3,(H,19,22). The molecule has 0 aliphatic carbocycles. The van der Waals surface area contributed by atoms with Crippen molar-refractivity contribution < 1.29 is 14.3 Å². The summed E-state index contributed by atoms with van der Waals surface area (Å²) in [6.07, 6.45) is 0. The summed E-state index contributed by atoms with van der Waals surface area (Å²) in [5, 5.41) is 3.42. The quantitative estimate of drug-likeness (QED) is 0.877. The van der Waals surface area contributed by atoms with Crippen LogP contribution in [0.15, 0.2) is 48.5 Å². The van der Waals surface area contributed by atoms with Crippen LogP contribution in [0.4, 0.5) is 10.5 Å². The molecule has 1 unspecified atom stereocenters. The number of benzene rings is 2. The van der Waals surface area contributed by atoms with Crippen molar-refractivity contribution in [3.63, 3.8) is 0 Å². The van der Waals surface area contributed by atoms with Crippen LogP contribution in [0.25, 0.3) is 0 Å². The minimum Gasteiger partial charge on any atom is -0.468 e. The summed E-state index contributed by atoms with van der Waals surface area (Å²) in [5.41, 5.74) is 2.53. The molecule has 1 N–H and O–H groups in total. The highest BCUT2D eigenvalue weighted by Gasteiger charge is 2.34. The molecule has 1 aliphatic rings. The number of urea groups is 1. The van der Waals surface area contributed by atoms with Crippen molar-refractivity contribution in [3.05, 3.63) is 64.7 Å². The van der Waals surface area contributed by atoms with Crippen molar-refractivity contribution in [1.82, 2.24) is 4.90 Å². The molecular formula is C17H15ClN2O3. The molecule has 1 heterocycles. The molecule has 0 bridgehead atoms. The number of carbonyl (C=O) groups is 2. The lowest BCUT2D eigenvalue weighted by atomic mass is 9.94. The molecule has 118 valence electrons. The Labute approximate surface area is 138 Å². The Bertz CT molecular complexity index is 746. The molecule has 2 aromatic rings. The normalized spacial score (nSPS) is 16.5. The number of halogens is 1. The third-order valence-electron chi connectivity index (χ3n) is 3.78. The second-order valence-corrected chi connectivity index (χ2v) is 5.61. The summed E-state index contributed by atoms with van der Waals surface area (Å²) in [6.45, 7) is -0.135. The number of nitrogens with zero attached hydrogens (tertiary/aromatic N) is 1. The van der Waals surface area contributed by atoms with Crippen LogP contribution in [0.2, 0.25) is 5.02 Å². The van der Waals surface area contributed by atoms with Crippen molar-refractivity contribution in [2.24, 2.45) is 0 Å². The predicted molar refractivity (Wildman–Crippen MR) is 87.5 cm³/mol. The summed E-state index contributed by atoms with van der Waals surface area (Å²) < 4.78 is 4.71. The van der Waals surface area contributed by atoms with Gasteiger partial charge in [0.1, 0.15) is 6.54 Å². The van der Waals surface area contributed by atoms with Gasteiger partial charge in [-0.25, -0.2) is 4.79 Å². The van der Waals surface area contributed by atoms with Crippen LogP contribution in [-0.4, -0.2) is 30.6 Å². The van der Waals surface area contributed by atoms with Gasteiger partial charge in [-0.05, 0) is 23.8 Å². The van der Waals surface area contributed by atoms with Crippen molar-refractivity contribution in [3.8, 4) is 0 Å². The smallest absolute Gasteiger partial charge is 0.325 e. The number of carbonyl (C=O) groups excluding carboxylic acids is 2. The van der Waals surface area contributed by atoms with E-state index in [1.165, 1.54) is 12.0 Å². The van der Waals surface area contributed by atoms with Gasteiger partial charge in [0.15, 0.2) is 0 Å². The van der Waals surface area contributed by atoms with Crippen molar-refractivity contribution in [2.75, 3.05) is 19.0 Å². The van der Waals surface area contributed by atoms with E-state index in [0.29, 0.717) is 5.02 Å². The fraction of sp³-hybridized carbons (Fsp3) is 0.176. The maximum absolute atomic E-state index is 12.4. The minimum absolute atomic E-state index is 0.135. The van der Waals surface area contributed by atoms with Gasteiger partial charge >= 0.3 is 12.0 Å². The van der Waals surface area contributed by atoms with Gasteiger partial charge in [-0.3, -0.25) is 4.79 Å². The van der Waals surface area contributed by atoms with Crippen LogP contribution in [0.1, 0.15) is 17.2 Å². The molecule has 0 saturated carbocycles. The summed E-state index contributed by atoms with van der Waals surface area (Å²) >= 11 is 5.96. The van der Waals surface area contributed by atoms with Crippen LogP contribution < -0.4 is 5.32 Å². The van der Waals surface area contributed by atoms with Crippen LogP contribution in [-0.2, 0) is 9.53 Å². The Morgan fingerprint density at radius 1 is 1.22 bits per heavy atom. The number of esters is 1. The lowest BCUT2D eigenvalue weighted by molar-refractivity contribution is -0.141. The molecule has 6 heteroatoms. The molecule has 0 aromatic heterocycles. The number of hydrogen-bond acceptors (Lipinski definition) is 3. The summed E-state index contributed by atoms with van der Waals surface area (Å²) in [5.74, 6) is -0.474. The van der Waals surface area contributed by atoms with Gasteiger partial charge < -0.3 is 15.0 Å². The Morgan fingerprint density at radius 2 is 1.91 bits per heavy atom. The number of methoxy groups -OCH3 is 1. The number of ether oxygens (including phenoxy) is 1. The first kappa shape index (κ1) is 15.4. The highest BCUT2D eigenvalue weighted by Crippen LogP contribution is 2.37. The average molecular weight is 331 g/mol. The summed E-state index contributed by atoms with van der Waals surface area (Å²) in [6, 6.07) is 14.0. The number of para-hydroxylation sites is 1. The number of anilines is 1. The average Bonchev–Trinajstić information content (AvgIpc) is 2.56. The van der Waals surface area contributed by atoms with E-state index in [2.05, 4.69) is 5.32 Å². The fourth-order valence-corrected chi connectivity index (χ4v) is 2.82. The number of nitrogens with one attached hydrogen (secondary N) is 1. The van der Waals surface area contributed by atoms with Gasteiger partial charge in [0.05, 0.1) is 13.2 Å². The Morgan fingerprint density at radius 3 is 2.61 bits per heavy atom. The van der Waals surface area contributed by atoms with Gasteiger partial charge in [0.2, 0.25) is 0 Å². The van der Waals surface area contributed by atoms with E-state index in [1.807, 2.05) is 36.4 Å². The van der Waals surface area contributed by atoms with E-state index < -0.39 is 5.97 Å². The molecule has 5 nitrogen and oxygen atoms in total. The number of amides is 2. The third kappa shape index (κ3) is 3.00. The highest BCUT2D eigenvalue weighted by molar-refractivity contribution is 6.30. The first-order chi connectivity index (χ1) is 11.1. The second-order valence-electron chi connectivity index (χ2n) is 5.18.